The molecule has 0 aliphatic carbocycles. The SMILES string of the molecule is CN=C(NCc1ccc(C)cc1)NCc1ccnc(OCC(F)(F)F)c1. The molecule has 0 saturated carbocycles. The third kappa shape index (κ3) is 7.00. The first-order chi connectivity index (χ1) is 12.4. The summed E-state index contributed by atoms with van der Waals surface area (Å²) in [7, 11) is 1.65. The van der Waals surface area contributed by atoms with E-state index in [1.165, 1.54) is 17.8 Å². The Bertz CT molecular complexity index is 730. The first-order valence-electron chi connectivity index (χ1n) is 8.00. The van der Waals surface area contributed by atoms with Crippen molar-refractivity contribution in [3.05, 3.63) is 59.3 Å². The summed E-state index contributed by atoms with van der Waals surface area (Å²) in [4.78, 5) is 7.90. The van der Waals surface area contributed by atoms with Crippen LogP contribution >= 0.6 is 0 Å². The molecule has 26 heavy (non-hydrogen) atoms. The number of nitrogens with zero attached hydrogens (tertiary/aromatic N) is 2. The molecule has 0 aliphatic heterocycles. The van der Waals surface area contributed by atoms with Crippen LogP contribution in [0.5, 0.6) is 5.88 Å². The molecular weight excluding hydrogens is 345 g/mol. The Morgan fingerprint density at radius 2 is 1.73 bits per heavy atom. The Morgan fingerprint density at radius 3 is 2.35 bits per heavy atom. The number of guanidine groups is 1. The predicted octanol–water partition coefficient (Wildman–Crippen LogP) is 3.20. The van der Waals surface area contributed by atoms with Gasteiger partial charge in [0.05, 0.1) is 0 Å². The van der Waals surface area contributed by atoms with E-state index < -0.39 is 12.8 Å². The first-order valence-corrected chi connectivity index (χ1v) is 8.00. The van der Waals surface area contributed by atoms with Gasteiger partial charge in [0.25, 0.3) is 0 Å². The van der Waals surface area contributed by atoms with Crippen molar-refractivity contribution in [2.24, 2.45) is 4.99 Å². The number of hydrogen-bond donors (Lipinski definition) is 2. The van der Waals surface area contributed by atoms with Crippen LogP contribution < -0.4 is 15.4 Å². The van der Waals surface area contributed by atoms with Gasteiger partial charge in [-0.1, -0.05) is 29.8 Å². The van der Waals surface area contributed by atoms with E-state index in [0.29, 0.717) is 19.0 Å². The number of rotatable bonds is 6. The van der Waals surface area contributed by atoms with E-state index in [1.807, 2.05) is 31.2 Å². The lowest BCUT2D eigenvalue weighted by atomic mass is 10.1. The van der Waals surface area contributed by atoms with E-state index in [2.05, 4.69) is 25.3 Å². The van der Waals surface area contributed by atoms with Crippen molar-refractivity contribution in [1.29, 1.82) is 0 Å². The fourth-order valence-electron chi connectivity index (χ4n) is 2.09. The van der Waals surface area contributed by atoms with Gasteiger partial charge in [0.2, 0.25) is 5.88 Å². The van der Waals surface area contributed by atoms with E-state index in [4.69, 9.17) is 0 Å². The molecule has 8 heteroatoms. The minimum Gasteiger partial charge on any atom is -0.468 e. The highest BCUT2D eigenvalue weighted by molar-refractivity contribution is 5.79. The van der Waals surface area contributed by atoms with Crippen molar-refractivity contribution in [3.63, 3.8) is 0 Å². The van der Waals surface area contributed by atoms with Gasteiger partial charge in [0.1, 0.15) is 0 Å². The molecule has 0 fully saturated rings. The number of nitrogens with one attached hydrogen (secondary N) is 2. The zero-order valence-corrected chi connectivity index (χ0v) is 14.6. The molecule has 1 aromatic heterocycles. The van der Waals surface area contributed by atoms with Crippen molar-refractivity contribution >= 4 is 5.96 Å². The second kappa shape index (κ2) is 9.07. The summed E-state index contributed by atoms with van der Waals surface area (Å²) in [6.45, 7) is 1.64. The summed E-state index contributed by atoms with van der Waals surface area (Å²) in [5, 5.41) is 6.28. The van der Waals surface area contributed by atoms with Gasteiger partial charge in [-0.3, -0.25) is 4.99 Å². The van der Waals surface area contributed by atoms with Gasteiger partial charge in [0.15, 0.2) is 12.6 Å². The lowest BCUT2D eigenvalue weighted by molar-refractivity contribution is -0.154. The zero-order chi connectivity index (χ0) is 19.0. The Balaban J connectivity index is 1.85. The third-order valence-corrected chi connectivity index (χ3v) is 3.45. The fourth-order valence-corrected chi connectivity index (χ4v) is 2.09. The third-order valence-electron chi connectivity index (χ3n) is 3.45. The number of aryl methyl sites for hydroxylation is 1. The number of hydrogen-bond acceptors (Lipinski definition) is 3. The van der Waals surface area contributed by atoms with Crippen LogP contribution in [0, 0.1) is 6.92 Å². The molecule has 0 unspecified atom stereocenters. The summed E-state index contributed by atoms with van der Waals surface area (Å²) in [6.07, 6.45) is -2.98. The molecule has 0 bridgehead atoms. The quantitative estimate of drug-likeness (QED) is 0.609. The van der Waals surface area contributed by atoms with Crippen LogP contribution in [0.3, 0.4) is 0 Å². The first kappa shape index (κ1) is 19.6. The molecule has 2 rings (SSSR count). The van der Waals surface area contributed by atoms with Crippen LogP contribution in [-0.4, -0.2) is 30.8 Å². The van der Waals surface area contributed by atoms with Crippen LogP contribution in [0.15, 0.2) is 47.6 Å². The number of aromatic nitrogens is 1. The van der Waals surface area contributed by atoms with Gasteiger partial charge in [-0.15, -0.1) is 0 Å². The molecule has 0 amide bonds. The molecule has 2 aromatic rings. The number of pyridine rings is 1. The highest BCUT2D eigenvalue weighted by atomic mass is 19.4. The van der Waals surface area contributed by atoms with Gasteiger partial charge in [-0.2, -0.15) is 13.2 Å². The van der Waals surface area contributed by atoms with Crippen LogP contribution in [0.25, 0.3) is 0 Å². The summed E-state index contributed by atoms with van der Waals surface area (Å²) in [5.74, 6) is 0.518. The maximum absolute atomic E-state index is 12.2. The van der Waals surface area contributed by atoms with Gasteiger partial charge in [-0.05, 0) is 24.1 Å². The summed E-state index contributed by atoms with van der Waals surface area (Å²) in [6, 6.07) is 11.3. The topological polar surface area (TPSA) is 58.5 Å². The molecule has 0 atom stereocenters. The minimum atomic E-state index is -4.39. The molecule has 1 aromatic carbocycles. The van der Waals surface area contributed by atoms with Gasteiger partial charge in [0, 0.05) is 32.4 Å². The Hall–Kier alpha value is -2.77. The second-order valence-corrected chi connectivity index (χ2v) is 5.67. The molecular formula is C18H21F3N4O. The average Bonchev–Trinajstić information content (AvgIpc) is 2.61. The van der Waals surface area contributed by atoms with E-state index in [9.17, 15) is 13.2 Å². The Kier molecular flexibility index (Phi) is 6.82. The molecule has 140 valence electrons. The fraction of sp³-hybridized carbons (Fsp3) is 0.333. The molecule has 0 radical (unpaired) electrons. The number of aliphatic imine (C=N–C) groups is 1. The van der Waals surface area contributed by atoms with E-state index in [-0.39, 0.29) is 5.88 Å². The van der Waals surface area contributed by atoms with E-state index in [1.54, 1.807) is 13.1 Å². The maximum Gasteiger partial charge on any atom is 0.422 e. The smallest absolute Gasteiger partial charge is 0.422 e. The van der Waals surface area contributed by atoms with Gasteiger partial charge >= 0.3 is 6.18 Å². The molecule has 5 nitrogen and oxygen atoms in total. The van der Waals surface area contributed by atoms with Crippen molar-refractivity contribution in [2.75, 3.05) is 13.7 Å². The van der Waals surface area contributed by atoms with Crippen molar-refractivity contribution in [2.45, 2.75) is 26.2 Å². The molecule has 2 N–H and O–H groups in total. The molecule has 0 aliphatic rings. The lowest BCUT2D eigenvalue weighted by Gasteiger charge is -2.13. The van der Waals surface area contributed by atoms with Crippen LogP contribution in [0.1, 0.15) is 16.7 Å². The van der Waals surface area contributed by atoms with Gasteiger partial charge in [-0.25, -0.2) is 4.98 Å². The van der Waals surface area contributed by atoms with Crippen LogP contribution in [0.4, 0.5) is 13.2 Å². The normalized spacial score (nSPS) is 12.0. The lowest BCUT2D eigenvalue weighted by Crippen LogP contribution is -2.36. The van der Waals surface area contributed by atoms with Gasteiger partial charge < -0.3 is 15.4 Å². The highest BCUT2D eigenvalue weighted by Crippen LogP contribution is 2.17. The highest BCUT2D eigenvalue weighted by Gasteiger charge is 2.28. The predicted molar refractivity (Wildman–Crippen MR) is 94.0 cm³/mol. The number of alkyl halides is 3. The summed E-state index contributed by atoms with van der Waals surface area (Å²) < 4.78 is 41.2. The van der Waals surface area contributed by atoms with E-state index in [0.717, 1.165) is 11.1 Å². The summed E-state index contributed by atoms with van der Waals surface area (Å²) in [5.41, 5.74) is 3.04. The minimum absolute atomic E-state index is 0.0655. The molecule has 0 spiro atoms. The second-order valence-electron chi connectivity index (χ2n) is 5.67. The Labute approximate surface area is 150 Å². The number of ether oxygens (including phenoxy) is 1. The van der Waals surface area contributed by atoms with Crippen LogP contribution in [-0.2, 0) is 13.1 Å². The monoisotopic (exact) mass is 366 g/mol. The largest absolute Gasteiger partial charge is 0.468 e. The number of halogens is 3. The molecule has 0 saturated heterocycles. The average molecular weight is 366 g/mol. The Morgan fingerprint density at radius 1 is 1.08 bits per heavy atom. The van der Waals surface area contributed by atoms with E-state index >= 15 is 0 Å². The van der Waals surface area contributed by atoms with Crippen molar-refractivity contribution in [1.82, 2.24) is 15.6 Å². The molecule has 1 heterocycles. The summed E-state index contributed by atoms with van der Waals surface area (Å²) >= 11 is 0. The van der Waals surface area contributed by atoms with Crippen LogP contribution in [0.2, 0.25) is 0 Å². The number of benzene rings is 1. The standard InChI is InChI=1S/C18H21F3N4O/c1-13-3-5-14(6-4-13)10-24-17(22-2)25-11-15-7-8-23-16(9-15)26-12-18(19,20)21/h3-9H,10-12H2,1-2H3,(H2,22,24,25). The van der Waals surface area contributed by atoms with Crippen molar-refractivity contribution in [3.8, 4) is 5.88 Å². The zero-order valence-electron chi connectivity index (χ0n) is 14.6. The maximum atomic E-state index is 12.2. The van der Waals surface area contributed by atoms with Crippen molar-refractivity contribution < 1.29 is 17.9 Å².